The standard InChI is InChI=1S/C23H27NO5.ClH/c25-18-7-5-17(6-8-18)22(29-23(26)13-16-9-11-24-12-10-16)14-19-15-27-20-3-1-2-4-21(20)28-19;/h1-8,16,19,22,24-25H,9-15H2;1H. The number of rotatable bonds is 6. The van der Waals surface area contributed by atoms with Gasteiger partial charge in [0.2, 0.25) is 0 Å². The number of benzene rings is 2. The fourth-order valence-electron chi connectivity index (χ4n) is 3.89. The molecule has 1 saturated heterocycles. The molecule has 2 atom stereocenters. The van der Waals surface area contributed by atoms with Crippen LogP contribution in [0, 0.1) is 5.92 Å². The van der Waals surface area contributed by atoms with Crippen LogP contribution >= 0.6 is 12.4 Å². The lowest BCUT2D eigenvalue weighted by atomic mass is 9.94. The minimum Gasteiger partial charge on any atom is -0.508 e. The van der Waals surface area contributed by atoms with E-state index in [1.165, 1.54) is 0 Å². The minimum atomic E-state index is -0.455. The lowest BCUT2D eigenvalue weighted by molar-refractivity contribution is -0.152. The summed E-state index contributed by atoms with van der Waals surface area (Å²) in [4.78, 5) is 12.6. The molecule has 162 valence electrons. The fourth-order valence-corrected chi connectivity index (χ4v) is 3.89. The number of piperidine rings is 1. The van der Waals surface area contributed by atoms with Crippen LogP contribution in [0.5, 0.6) is 17.2 Å². The Balaban J connectivity index is 0.00000256. The zero-order chi connectivity index (χ0) is 20.1. The van der Waals surface area contributed by atoms with E-state index in [1.807, 2.05) is 24.3 Å². The van der Waals surface area contributed by atoms with Crippen LogP contribution < -0.4 is 14.8 Å². The minimum absolute atomic E-state index is 0. The lowest BCUT2D eigenvalue weighted by Crippen LogP contribution is -2.32. The second-order valence-electron chi connectivity index (χ2n) is 7.70. The number of hydrogen-bond acceptors (Lipinski definition) is 6. The molecule has 0 aromatic heterocycles. The molecule has 7 heteroatoms. The summed E-state index contributed by atoms with van der Waals surface area (Å²) in [6, 6.07) is 14.4. The Bertz CT molecular complexity index is 823. The van der Waals surface area contributed by atoms with Crippen LogP contribution in [0.1, 0.15) is 37.4 Å². The Morgan fingerprint density at radius 3 is 2.53 bits per heavy atom. The molecule has 2 aromatic carbocycles. The van der Waals surface area contributed by atoms with E-state index in [4.69, 9.17) is 14.2 Å². The van der Waals surface area contributed by atoms with E-state index in [9.17, 15) is 9.90 Å². The summed E-state index contributed by atoms with van der Waals surface area (Å²) >= 11 is 0. The Kier molecular flexibility index (Phi) is 7.82. The summed E-state index contributed by atoms with van der Waals surface area (Å²) in [6.45, 7) is 2.30. The van der Waals surface area contributed by atoms with E-state index in [0.29, 0.717) is 31.1 Å². The first-order chi connectivity index (χ1) is 14.2. The molecule has 2 unspecified atom stereocenters. The van der Waals surface area contributed by atoms with Crippen molar-refractivity contribution in [2.75, 3.05) is 19.7 Å². The number of phenolic OH excluding ortho intramolecular Hbond substituents is 1. The van der Waals surface area contributed by atoms with Gasteiger partial charge in [-0.15, -0.1) is 12.4 Å². The molecule has 30 heavy (non-hydrogen) atoms. The fraction of sp³-hybridized carbons (Fsp3) is 0.435. The Morgan fingerprint density at radius 1 is 1.10 bits per heavy atom. The van der Waals surface area contributed by atoms with Gasteiger partial charge >= 0.3 is 5.97 Å². The molecular formula is C23H28ClNO5. The van der Waals surface area contributed by atoms with Gasteiger partial charge in [-0.25, -0.2) is 0 Å². The number of aromatic hydroxyl groups is 1. The number of ether oxygens (including phenoxy) is 3. The number of esters is 1. The molecule has 0 amide bonds. The van der Waals surface area contributed by atoms with Gasteiger partial charge in [0.05, 0.1) is 0 Å². The molecular weight excluding hydrogens is 406 g/mol. The molecule has 0 radical (unpaired) electrons. The Labute approximate surface area is 182 Å². The van der Waals surface area contributed by atoms with E-state index in [-0.39, 0.29) is 30.2 Å². The van der Waals surface area contributed by atoms with E-state index < -0.39 is 6.10 Å². The van der Waals surface area contributed by atoms with Crippen molar-refractivity contribution in [1.82, 2.24) is 5.32 Å². The third-order valence-electron chi connectivity index (χ3n) is 5.50. The van der Waals surface area contributed by atoms with Crippen LogP contribution in [-0.2, 0) is 9.53 Å². The number of phenols is 1. The van der Waals surface area contributed by atoms with Crippen molar-refractivity contribution in [3.8, 4) is 17.2 Å². The van der Waals surface area contributed by atoms with Crippen molar-refractivity contribution in [3.63, 3.8) is 0 Å². The smallest absolute Gasteiger partial charge is 0.306 e. The summed E-state index contributed by atoms with van der Waals surface area (Å²) in [7, 11) is 0. The molecule has 2 heterocycles. The molecule has 0 saturated carbocycles. The summed E-state index contributed by atoms with van der Waals surface area (Å²) in [5, 5.41) is 12.9. The quantitative estimate of drug-likeness (QED) is 0.670. The van der Waals surface area contributed by atoms with E-state index >= 15 is 0 Å². The summed E-state index contributed by atoms with van der Waals surface area (Å²) in [5.41, 5.74) is 0.837. The highest BCUT2D eigenvalue weighted by atomic mass is 35.5. The summed E-state index contributed by atoms with van der Waals surface area (Å²) < 4.78 is 17.8. The molecule has 6 nitrogen and oxygen atoms in total. The van der Waals surface area contributed by atoms with Gasteiger partial charge in [0, 0.05) is 12.8 Å². The average molecular weight is 434 g/mol. The van der Waals surface area contributed by atoms with Gasteiger partial charge in [-0.2, -0.15) is 0 Å². The maximum atomic E-state index is 12.6. The van der Waals surface area contributed by atoms with Gasteiger partial charge in [-0.3, -0.25) is 4.79 Å². The van der Waals surface area contributed by atoms with Crippen molar-refractivity contribution >= 4 is 18.4 Å². The van der Waals surface area contributed by atoms with Crippen molar-refractivity contribution in [2.45, 2.75) is 37.9 Å². The lowest BCUT2D eigenvalue weighted by Gasteiger charge is -2.30. The second kappa shape index (κ2) is 10.5. The van der Waals surface area contributed by atoms with Crippen molar-refractivity contribution < 1.29 is 24.1 Å². The highest BCUT2D eigenvalue weighted by Gasteiger charge is 2.28. The molecule has 2 aliphatic rings. The first kappa shape index (κ1) is 22.2. The number of hydrogen-bond donors (Lipinski definition) is 2. The van der Waals surface area contributed by atoms with Gasteiger partial charge in [0.25, 0.3) is 0 Å². The van der Waals surface area contributed by atoms with Gasteiger partial charge in [-0.05, 0) is 61.7 Å². The first-order valence-corrected chi connectivity index (χ1v) is 10.2. The second-order valence-corrected chi connectivity index (χ2v) is 7.70. The van der Waals surface area contributed by atoms with Gasteiger partial charge in [0.15, 0.2) is 11.5 Å². The summed E-state index contributed by atoms with van der Waals surface area (Å²) in [5.74, 6) is 1.79. The molecule has 2 aliphatic heterocycles. The molecule has 0 bridgehead atoms. The average Bonchev–Trinajstić information content (AvgIpc) is 2.74. The number of nitrogens with one attached hydrogen (secondary N) is 1. The van der Waals surface area contributed by atoms with E-state index in [0.717, 1.165) is 37.2 Å². The van der Waals surface area contributed by atoms with E-state index in [2.05, 4.69) is 5.32 Å². The molecule has 2 N–H and O–H groups in total. The van der Waals surface area contributed by atoms with E-state index in [1.54, 1.807) is 24.3 Å². The first-order valence-electron chi connectivity index (χ1n) is 10.2. The molecule has 2 aromatic rings. The van der Waals surface area contributed by atoms with Crippen LogP contribution in [0.25, 0.3) is 0 Å². The highest BCUT2D eigenvalue weighted by Crippen LogP contribution is 2.34. The van der Waals surface area contributed by atoms with Crippen LogP contribution in [-0.4, -0.2) is 36.9 Å². The number of para-hydroxylation sites is 2. The Morgan fingerprint density at radius 2 is 1.80 bits per heavy atom. The topological polar surface area (TPSA) is 77.0 Å². The third-order valence-corrected chi connectivity index (χ3v) is 5.50. The van der Waals surface area contributed by atoms with Gasteiger partial charge < -0.3 is 24.6 Å². The zero-order valence-electron chi connectivity index (χ0n) is 16.8. The number of carbonyl (C=O) groups excluding carboxylic acids is 1. The number of carbonyl (C=O) groups is 1. The predicted octanol–water partition coefficient (Wildman–Crippen LogP) is 4.02. The molecule has 1 fully saturated rings. The molecule has 4 rings (SSSR count). The highest BCUT2D eigenvalue weighted by molar-refractivity contribution is 5.85. The normalized spacial score (nSPS) is 19.4. The Hall–Kier alpha value is -2.44. The van der Waals surface area contributed by atoms with Crippen molar-refractivity contribution in [2.24, 2.45) is 5.92 Å². The van der Waals surface area contributed by atoms with Crippen LogP contribution in [0.3, 0.4) is 0 Å². The van der Waals surface area contributed by atoms with Crippen LogP contribution in [0.4, 0.5) is 0 Å². The molecule has 0 aliphatic carbocycles. The zero-order valence-corrected chi connectivity index (χ0v) is 17.6. The molecule has 0 spiro atoms. The number of fused-ring (bicyclic) bond motifs is 1. The van der Waals surface area contributed by atoms with Crippen LogP contribution in [0.15, 0.2) is 48.5 Å². The monoisotopic (exact) mass is 433 g/mol. The van der Waals surface area contributed by atoms with Crippen LogP contribution in [0.2, 0.25) is 0 Å². The maximum absolute atomic E-state index is 12.6. The largest absolute Gasteiger partial charge is 0.508 e. The third kappa shape index (κ3) is 5.80. The SMILES string of the molecule is Cl.O=C(CC1CCNCC1)OC(CC1COc2ccccc2O1)c1ccc(O)cc1. The predicted molar refractivity (Wildman–Crippen MR) is 115 cm³/mol. The van der Waals surface area contributed by atoms with Crippen molar-refractivity contribution in [1.29, 1.82) is 0 Å². The van der Waals surface area contributed by atoms with Crippen molar-refractivity contribution in [3.05, 3.63) is 54.1 Å². The summed E-state index contributed by atoms with van der Waals surface area (Å²) in [6.07, 6.45) is 2.22. The van der Waals surface area contributed by atoms with Gasteiger partial charge in [-0.1, -0.05) is 24.3 Å². The van der Waals surface area contributed by atoms with Gasteiger partial charge in [0.1, 0.15) is 24.6 Å². The number of halogens is 1. The maximum Gasteiger partial charge on any atom is 0.306 e.